The number of hydrogen-bond acceptors (Lipinski definition) is 2. The standard InChI is InChI=1S/C16H20O3/c1-19-15-12-9-8-11-14(15)10-6-4-2-3-5-7-13-16(17)18/h8-9,11-12H,2-5,7,13H2,1H3,(H,17,18). The van der Waals surface area contributed by atoms with Crippen LogP contribution in [0, 0.1) is 11.8 Å². The van der Waals surface area contributed by atoms with Gasteiger partial charge in [0.1, 0.15) is 5.75 Å². The monoisotopic (exact) mass is 260 g/mol. The van der Waals surface area contributed by atoms with Gasteiger partial charge in [0.15, 0.2) is 0 Å². The zero-order valence-corrected chi connectivity index (χ0v) is 11.3. The first-order chi connectivity index (χ1) is 9.24. The number of hydrogen-bond donors (Lipinski definition) is 1. The molecule has 0 aromatic heterocycles. The number of para-hydroxylation sites is 1. The van der Waals surface area contributed by atoms with Crippen LogP contribution in [0.1, 0.15) is 44.1 Å². The molecular formula is C16H20O3. The van der Waals surface area contributed by atoms with Gasteiger partial charge in [-0.15, -0.1) is 0 Å². The van der Waals surface area contributed by atoms with Crippen molar-refractivity contribution in [1.29, 1.82) is 0 Å². The number of carboxylic acids is 1. The summed E-state index contributed by atoms with van der Waals surface area (Å²) in [4.78, 5) is 10.3. The molecule has 19 heavy (non-hydrogen) atoms. The molecule has 0 saturated heterocycles. The van der Waals surface area contributed by atoms with E-state index in [0.717, 1.165) is 43.4 Å². The first-order valence-corrected chi connectivity index (χ1v) is 6.57. The summed E-state index contributed by atoms with van der Waals surface area (Å²) in [6, 6.07) is 7.71. The third-order valence-electron chi connectivity index (χ3n) is 2.77. The van der Waals surface area contributed by atoms with E-state index in [9.17, 15) is 4.79 Å². The number of carbonyl (C=O) groups is 1. The van der Waals surface area contributed by atoms with Crippen LogP contribution in [0.2, 0.25) is 0 Å². The van der Waals surface area contributed by atoms with E-state index in [1.165, 1.54) is 0 Å². The largest absolute Gasteiger partial charge is 0.495 e. The molecule has 0 aliphatic heterocycles. The molecule has 0 spiro atoms. The molecule has 0 aliphatic carbocycles. The Labute approximate surface area is 114 Å². The van der Waals surface area contributed by atoms with E-state index in [-0.39, 0.29) is 6.42 Å². The molecule has 0 unspecified atom stereocenters. The van der Waals surface area contributed by atoms with Crippen molar-refractivity contribution in [2.75, 3.05) is 7.11 Å². The van der Waals surface area contributed by atoms with E-state index in [1.54, 1.807) is 7.11 Å². The Morgan fingerprint density at radius 2 is 1.95 bits per heavy atom. The number of rotatable bonds is 7. The number of benzene rings is 1. The molecule has 1 aromatic rings. The van der Waals surface area contributed by atoms with Crippen molar-refractivity contribution >= 4 is 5.97 Å². The molecule has 0 bridgehead atoms. The molecule has 0 heterocycles. The van der Waals surface area contributed by atoms with Gasteiger partial charge in [-0.1, -0.05) is 36.8 Å². The molecule has 0 aliphatic rings. The van der Waals surface area contributed by atoms with Crippen molar-refractivity contribution in [3.05, 3.63) is 29.8 Å². The molecule has 0 fully saturated rings. The van der Waals surface area contributed by atoms with E-state index >= 15 is 0 Å². The fraction of sp³-hybridized carbons (Fsp3) is 0.438. The Kier molecular flexibility index (Phi) is 7.19. The summed E-state index contributed by atoms with van der Waals surface area (Å²) in [5.41, 5.74) is 0.913. The second-order valence-electron chi connectivity index (χ2n) is 4.31. The maximum atomic E-state index is 10.3. The summed E-state index contributed by atoms with van der Waals surface area (Å²) in [5, 5.41) is 8.50. The highest BCUT2D eigenvalue weighted by Crippen LogP contribution is 2.15. The van der Waals surface area contributed by atoms with Crippen LogP contribution in [0.3, 0.4) is 0 Å². The van der Waals surface area contributed by atoms with Crippen molar-refractivity contribution in [2.24, 2.45) is 0 Å². The van der Waals surface area contributed by atoms with E-state index in [4.69, 9.17) is 9.84 Å². The Hall–Kier alpha value is -1.95. The average Bonchev–Trinajstić information content (AvgIpc) is 2.42. The van der Waals surface area contributed by atoms with Crippen molar-refractivity contribution in [1.82, 2.24) is 0 Å². The minimum atomic E-state index is -0.712. The lowest BCUT2D eigenvalue weighted by molar-refractivity contribution is -0.137. The van der Waals surface area contributed by atoms with Crippen molar-refractivity contribution in [3.63, 3.8) is 0 Å². The molecule has 0 saturated carbocycles. The minimum absolute atomic E-state index is 0.271. The van der Waals surface area contributed by atoms with Gasteiger partial charge in [0, 0.05) is 12.8 Å². The van der Waals surface area contributed by atoms with Gasteiger partial charge in [-0.25, -0.2) is 0 Å². The number of ether oxygens (including phenoxy) is 1. The lowest BCUT2D eigenvalue weighted by Crippen LogP contribution is -1.93. The van der Waals surface area contributed by atoms with Crippen LogP contribution in [-0.4, -0.2) is 18.2 Å². The molecule has 0 amide bonds. The fourth-order valence-corrected chi connectivity index (χ4v) is 1.75. The maximum Gasteiger partial charge on any atom is 0.303 e. The van der Waals surface area contributed by atoms with Crippen LogP contribution in [0.5, 0.6) is 5.75 Å². The smallest absolute Gasteiger partial charge is 0.303 e. The topological polar surface area (TPSA) is 46.5 Å². The van der Waals surface area contributed by atoms with E-state index in [2.05, 4.69) is 11.8 Å². The summed E-state index contributed by atoms with van der Waals surface area (Å²) >= 11 is 0. The Balaban J connectivity index is 2.22. The second-order valence-corrected chi connectivity index (χ2v) is 4.31. The number of methoxy groups -OCH3 is 1. The van der Waals surface area contributed by atoms with Crippen LogP contribution in [-0.2, 0) is 4.79 Å². The Bertz CT molecular complexity index is 455. The number of unbranched alkanes of at least 4 members (excludes halogenated alkanes) is 4. The van der Waals surface area contributed by atoms with Gasteiger partial charge < -0.3 is 9.84 Å². The third-order valence-corrected chi connectivity index (χ3v) is 2.77. The van der Waals surface area contributed by atoms with Crippen LogP contribution >= 0.6 is 0 Å². The summed E-state index contributed by atoms with van der Waals surface area (Å²) in [6.07, 6.45) is 4.88. The summed E-state index contributed by atoms with van der Waals surface area (Å²) in [7, 11) is 1.64. The molecule has 3 heteroatoms. The highest BCUT2D eigenvalue weighted by Gasteiger charge is 1.97. The molecule has 1 N–H and O–H groups in total. The summed E-state index contributed by atoms with van der Waals surface area (Å²) < 4.78 is 5.22. The number of carboxylic acid groups (broad SMARTS) is 1. The normalized spacial score (nSPS) is 9.53. The average molecular weight is 260 g/mol. The summed E-state index contributed by atoms with van der Waals surface area (Å²) in [5.74, 6) is 6.32. The van der Waals surface area contributed by atoms with E-state index in [0.29, 0.717) is 0 Å². The first kappa shape index (κ1) is 15.1. The van der Waals surface area contributed by atoms with Gasteiger partial charge in [-0.2, -0.15) is 0 Å². The molecule has 102 valence electrons. The second kappa shape index (κ2) is 9.04. The molecule has 3 nitrogen and oxygen atoms in total. The molecule has 0 radical (unpaired) electrons. The van der Waals surface area contributed by atoms with Crippen LogP contribution in [0.4, 0.5) is 0 Å². The molecular weight excluding hydrogens is 240 g/mol. The van der Waals surface area contributed by atoms with Gasteiger partial charge >= 0.3 is 5.97 Å². The molecule has 1 aromatic carbocycles. The maximum absolute atomic E-state index is 10.3. The fourth-order valence-electron chi connectivity index (χ4n) is 1.75. The molecule has 0 atom stereocenters. The minimum Gasteiger partial charge on any atom is -0.495 e. The van der Waals surface area contributed by atoms with Crippen LogP contribution in [0.15, 0.2) is 24.3 Å². The lowest BCUT2D eigenvalue weighted by atomic mass is 10.1. The third kappa shape index (κ3) is 6.52. The SMILES string of the molecule is COc1ccccc1C#CCCCCCCC(=O)O. The molecule has 1 rings (SSSR count). The first-order valence-electron chi connectivity index (χ1n) is 6.57. The predicted molar refractivity (Wildman–Crippen MR) is 75.2 cm³/mol. The van der Waals surface area contributed by atoms with Gasteiger partial charge in [0.25, 0.3) is 0 Å². The van der Waals surface area contributed by atoms with Crippen LogP contribution < -0.4 is 4.74 Å². The number of aliphatic carboxylic acids is 1. The van der Waals surface area contributed by atoms with Gasteiger partial charge in [-0.3, -0.25) is 4.79 Å². The quantitative estimate of drug-likeness (QED) is 0.603. The predicted octanol–water partition coefficient (Wildman–Crippen LogP) is 3.47. The highest BCUT2D eigenvalue weighted by atomic mass is 16.5. The Morgan fingerprint density at radius 3 is 2.68 bits per heavy atom. The van der Waals surface area contributed by atoms with Crippen molar-refractivity contribution in [3.8, 4) is 17.6 Å². The van der Waals surface area contributed by atoms with E-state index < -0.39 is 5.97 Å². The summed E-state index contributed by atoms with van der Waals surface area (Å²) in [6.45, 7) is 0. The highest BCUT2D eigenvalue weighted by molar-refractivity contribution is 5.66. The van der Waals surface area contributed by atoms with Crippen molar-refractivity contribution in [2.45, 2.75) is 38.5 Å². The zero-order chi connectivity index (χ0) is 13.9. The van der Waals surface area contributed by atoms with E-state index in [1.807, 2.05) is 24.3 Å². The van der Waals surface area contributed by atoms with Crippen molar-refractivity contribution < 1.29 is 14.6 Å². The van der Waals surface area contributed by atoms with Gasteiger partial charge in [0.2, 0.25) is 0 Å². The van der Waals surface area contributed by atoms with Crippen LogP contribution in [0.25, 0.3) is 0 Å². The van der Waals surface area contributed by atoms with Gasteiger partial charge in [0.05, 0.1) is 12.7 Å². The zero-order valence-electron chi connectivity index (χ0n) is 11.3. The Morgan fingerprint density at radius 1 is 1.21 bits per heavy atom. The van der Waals surface area contributed by atoms with Gasteiger partial charge in [-0.05, 0) is 25.0 Å². The lowest BCUT2D eigenvalue weighted by Gasteiger charge is -2.01.